The van der Waals surface area contributed by atoms with Gasteiger partial charge in [-0.3, -0.25) is 4.98 Å². The fourth-order valence-electron chi connectivity index (χ4n) is 2.97. The van der Waals surface area contributed by atoms with Crippen molar-refractivity contribution in [2.75, 3.05) is 37.7 Å². The molecular formula is C21H28FN3O2S. The van der Waals surface area contributed by atoms with Crippen molar-refractivity contribution >= 4 is 20.9 Å². The fraction of sp³-hybridized carbons (Fsp3) is 0.429. The maximum absolute atomic E-state index is 14.4. The summed E-state index contributed by atoms with van der Waals surface area (Å²) in [5.41, 5.74) is 2.62. The van der Waals surface area contributed by atoms with Gasteiger partial charge in [0.2, 0.25) is 0 Å². The molecule has 152 valence electrons. The van der Waals surface area contributed by atoms with E-state index >= 15 is 0 Å². The number of nitrogens with zero attached hydrogens (tertiary/aromatic N) is 3. The van der Waals surface area contributed by atoms with Crippen LogP contribution in [0.4, 0.5) is 4.39 Å². The van der Waals surface area contributed by atoms with Crippen LogP contribution in [-0.2, 0) is 11.5 Å². The van der Waals surface area contributed by atoms with E-state index in [1.807, 2.05) is 17.7 Å². The van der Waals surface area contributed by atoms with Crippen LogP contribution in [0.2, 0.25) is 0 Å². The summed E-state index contributed by atoms with van der Waals surface area (Å²) < 4.78 is 27.4. The van der Waals surface area contributed by atoms with E-state index in [0.29, 0.717) is 30.3 Å². The van der Waals surface area contributed by atoms with Crippen LogP contribution in [0, 0.1) is 12.7 Å². The molecule has 0 saturated heterocycles. The highest BCUT2D eigenvalue weighted by Gasteiger charge is 2.16. The Morgan fingerprint density at radius 2 is 2.04 bits per heavy atom. The molecule has 3 rings (SSSR count). The highest BCUT2D eigenvalue weighted by atomic mass is 32.3. The van der Waals surface area contributed by atoms with Crippen molar-refractivity contribution in [1.82, 2.24) is 14.8 Å². The predicted molar refractivity (Wildman–Crippen MR) is 115 cm³/mol. The molecule has 0 aliphatic carbocycles. The Labute approximate surface area is 167 Å². The highest BCUT2D eigenvalue weighted by molar-refractivity contribution is 8.32. The van der Waals surface area contributed by atoms with Crippen molar-refractivity contribution in [3.05, 3.63) is 42.0 Å². The van der Waals surface area contributed by atoms with E-state index in [0.717, 1.165) is 22.3 Å². The number of methoxy groups -OCH3 is 1. The van der Waals surface area contributed by atoms with Crippen LogP contribution < -0.4 is 4.74 Å². The summed E-state index contributed by atoms with van der Waals surface area (Å²) in [6.45, 7) is 5.27. The molecule has 3 aromatic rings. The second-order valence-corrected chi connectivity index (χ2v) is 11.8. The predicted octanol–water partition coefficient (Wildman–Crippen LogP) is 4.61. The van der Waals surface area contributed by atoms with Gasteiger partial charge in [-0.1, -0.05) is 13.0 Å². The molecule has 0 bridgehead atoms. The number of aryl methyl sites for hydroxylation is 1. The van der Waals surface area contributed by atoms with Crippen molar-refractivity contribution in [1.29, 1.82) is 0 Å². The van der Waals surface area contributed by atoms with E-state index in [1.54, 1.807) is 18.3 Å². The van der Waals surface area contributed by atoms with E-state index in [9.17, 15) is 4.39 Å². The van der Waals surface area contributed by atoms with Gasteiger partial charge >= 0.3 is 0 Å². The number of fused-ring (bicyclic) bond motifs is 1. The molecule has 0 radical (unpaired) electrons. The second-order valence-electron chi connectivity index (χ2n) is 7.29. The van der Waals surface area contributed by atoms with E-state index in [2.05, 4.69) is 29.5 Å². The van der Waals surface area contributed by atoms with Gasteiger partial charge in [-0.05, 0) is 43.4 Å². The van der Waals surface area contributed by atoms with Crippen LogP contribution in [0.3, 0.4) is 0 Å². The standard InChI is InChI=1S/C21H28FN3O2S/c1-6-28(4,5)11-10-27-14-25-19-13-23-18(12-16(19)15(2)24-25)21-17(22)8-7-9-20(21)26-3/h7-9,12-13H,6,10-11,14H2,1-5H3. The minimum absolute atomic E-state index is 0.361. The lowest BCUT2D eigenvalue weighted by Crippen LogP contribution is -2.12. The van der Waals surface area contributed by atoms with Gasteiger partial charge in [0.05, 0.1) is 42.4 Å². The Hall–Kier alpha value is -2.12. The average Bonchev–Trinajstić information content (AvgIpc) is 3.00. The fourth-order valence-corrected chi connectivity index (χ4v) is 3.83. The van der Waals surface area contributed by atoms with E-state index in [-0.39, 0.29) is 5.82 Å². The summed E-state index contributed by atoms with van der Waals surface area (Å²) in [6, 6.07) is 6.62. The number of aromatic nitrogens is 3. The molecular weight excluding hydrogens is 377 g/mol. The first-order chi connectivity index (χ1) is 13.4. The zero-order valence-corrected chi connectivity index (χ0v) is 18.0. The van der Waals surface area contributed by atoms with E-state index in [4.69, 9.17) is 9.47 Å². The monoisotopic (exact) mass is 405 g/mol. The maximum Gasteiger partial charge on any atom is 0.140 e. The number of hydrogen-bond acceptors (Lipinski definition) is 4. The molecule has 0 fully saturated rings. The van der Waals surface area contributed by atoms with Crippen molar-refractivity contribution in [2.24, 2.45) is 0 Å². The van der Waals surface area contributed by atoms with Crippen LogP contribution in [0.1, 0.15) is 12.6 Å². The minimum atomic E-state index is -0.573. The Bertz CT molecular complexity index is 972. The number of halogens is 1. The number of pyridine rings is 1. The van der Waals surface area contributed by atoms with Gasteiger partial charge in [-0.2, -0.15) is 5.10 Å². The number of ether oxygens (including phenoxy) is 2. The molecule has 0 spiro atoms. The van der Waals surface area contributed by atoms with Crippen molar-refractivity contribution in [3.8, 4) is 17.0 Å². The van der Waals surface area contributed by atoms with Gasteiger partial charge in [0.25, 0.3) is 0 Å². The summed E-state index contributed by atoms with van der Waals surface area (Å²) in [6.07, 6.45) is 6.37. The zero-order chi connectivity index (χ0) is 20.3. The van der Waals surface area contributed by atoms with E-state index < -0.39 is 10.0 Å². The molecule has 2 aromatic heterocycles. The van der Waals surface area contributed by atoms with Crippen molar-refractivity contribution in [2.45, 2.75) is 20.6 Å². The summed E-state index contributed by atoms with van der Waals surface area (Å²) in [5.74, 6) is 2.38. The molecule has 0 unspecified atom stereocenters. The smallest absolute Gasteiger partial charge is 0.140 e. The van der Waals surface area contributed by atoms with Gasteiger partial charge in [-0.25, -0.2) is 19.1 Å². The van der Waals surface area contributed by atoms with Crippen molar-refractivity contribution in [3.63, 3.8) is 0 Å². The van der Waals surface area contributed by atoms with Crippen LogP contribution in [0.25, 0.3) is 22.2 Å². The Morgan fingerprint density at radius 1 is 1.25 bits per heavy atom. The summed E-state index contributed by atoms with van der Waals surface area (Å²) >= 11 is 0. The third-order valence-corrected chi connectivity index (χ3v) is 7.88. The maximum atomic E-state index is 14.4. The molecule has 7 heteroatoms. The first-order valence-corrected chi connectivity index (χ1v) is 12.1. The molecule has 28 heavy (non-hydrogen) atoms. The molecule has 0 amide bonds. The van der Waals surface area contributed by atoms with Gasteiger partial charge < -0.3 is 9.47 Å². The first kappa shape index (κ1) is 20.6. The quantitative estimate of drug-likeness (QED) is 0.514. The largest absolute Gasteiger partial charge is 0.496 e. The van der Waals surface area contributed by atoms with Gasteiger partial charge in [0.15, 0.2) is 0 Å². The topological polar surface area (TPSA) is 49.2 Å². The zero-order valence-electron chi connectivity index (χ0n) is 17.2. The summed E-state index contributed by atoms with van der Waals surface area (Å²) in [5, 5.41) is 5.51. The van der Waals surface area contributed by atoms with Crippen LogP contribution in [0.15, 0.2) is 30.5 Å². The summed E-state index contributed by atoms with van der Waals surface area (Å²) in [4.78, 5) is 4.47. The highest BCUT2D eigenvalue weighted by Crippen LogP contribution is 2.38. The molecule has 2 heterocycles. The molecule has 0 saturated carbocycles. The van der Waals surface area contributed by atoms with Gasteiger partial charge in [-0.15, -0.1) is 0 Å². The lowest BCUT2D eigenvalue weighted by Gasteiger charge is -2.29. The Morgan fingerprint density at radius 3 is 2.75 bits per heavy atom. The second kappa shape index (κ2) is 8.49. The van der Waals surface area contributed by atoms with Crippen LogP contribution >= 0.6 is 10.0 Å². The Kier molecular flexibility index (Phi) is 6.25. The van der Waals surface area contributed by atoms with Crippen LogP contribution in [-0.4, -0.2) is 52.5 Å². The molecule has 5 nitrogen and oxygen atoms in total. The number of rotatable bonds is 8. The summed E-state index contributed by atoms with van der Waals surface area (Å²) in [7, 11) is 0.954. The van der Waals surface area contributed by atoms with Gasteiger partial charge in [0.1, 0.15) is 18.3 Å². The Balaban J connectivity index is 1.84. The average molecular weight is 406 g/mol. The lowest BCUT2D eigenvalue weighted by molar-refractivity contribution is 0.0838. The van der Waals surface area contributed by atoms with Crippen LogP contribution in [0.5, 0.6) is 5.75 Å². The van der Waals surface area contributed by atoms with Crippen molar-refractivity contribution < 1.29 is 13.9 Å². The molecule has 0 aliphatic rings. The molecule has 0 N–H and O–H groups in total. The molecule has 1 aromatic carbocycles. The first-order valence-electron chi connectivity index (χ1n) is 9.28. The molecule has 0 atom stereocenters. The molecule has 0 aliphatic heterocycles. The normalized spacial score (nSPS) is 12.5. The van der Waals surface area contributed by atoms with Gasteiger partial charge in [0, 0.05) is 11.1 Å². The third-order valence-electron chi connectivity index (χ3n) is 5.05. The third kappa shape index (κ3) is 4.31. The lowest BCUT2D eigenvalue weighted by atomic mass is 10.1. The number of hydrogen-bond donors (Lipinski definition) is 0. The number of benzene rings is 1. The SMILES string of the molecule is CCS(C)(C)CCOCn1nc(C)c2cc(-c3c(F)cccc3OC)ncc21. The van der Waals surface area contributed by atoms with E-state index in [1.165, 1.54) is 18.9 Å². The minimum Gasteiger partial charge on any atom is -0.496 e.